The molecule has 2 aliphatic heterocycles. The van der Waals surface area contributed by atoms with E-state index in [1.54, 1.807) is 11.9 Å². The minimum Gasteiger partial charge on any atom is -0.370 e. The largest absolute Gasteiger partial charge is 0.407 e. The number of hydrogen-bond donors (Lipinski definition) is 2. The van der Waals surface area contributed by atoms with Crippen LogP contribution in [0.25, 0.3) is 0 Å². The summed E-state index contributed by atoms with van der Waals surface area (Å²) in [5.41, 5.74) is 5.31. The minimum atomic E-state index is -3.85. The summed E-state index contributed by atoms with van der Waals surface area (Å²) in [6, 6.07) is 0. The Morgan fingerprint density at radius 3 is 2.53 bits per heavy atom. The van der Waals surface area contributed by atoms with Crippen LogP contribution >= 0.6 is 0 Å². The highest BCUT2D eigenvalue weighted by atomic mass is 32.3. The lowest BCUT2D eigenvalue weighted by Gasteiger charge is -2.50. The molecule has 0 aliphatic carbocycles. The maximum atomic E-state index is 10.8. The lowest BCUT2D eigenvalue weighted by atomic mass is 10.3. The highest BCUT2D eigenvalue weighted by Crippen LogP contribution is 2.35. The van der Waals surface area contributed by atoms with Crippen molar-refractivity contribution in [3.8, 4) is 0 Å². The topological polar surface area (TPSA) is 109 Å². The van der Waals surface area contributed by atoms with Crippen LogP contribution in [0.3, 0.4) is 0 Å². The Balaban J connectivity index is 2.14. The number of likely N-dealkylation sites (N-methyl/N-ethyl adjacent to an activating group) is 1. The van der Waals surface area contributed by atoms with Gasteiger partial charge in [0.25, 0.3) is 5.91 Å². The average molecular weight is 236 g/mol. The van der Waals surface area contributed by atoms with E-state index in [0.29, 0.717) is 13.1 Å². The van der Waals surface area contributed by atoms with Gasteiger partial charge in [0, 0.05) is 13.1 Å². The van der Waals surface area contributed by atoms with E-state index >= 15 is 0 Å². The predicted octanol–water partition coefficient (Wildman–Crippen LogP) is -1.93. The van der Waals surface area contributed by atoms with Gasteiger partial charge in [0.1, 0.15) is 0 Å². The number of nitrogens with zero attached hydrogens (tertiary/aromatic N) is 2. The monoisotopic (exact) mass is 236 g/mol. The van der Waals surface area contributed by atoms with Crippen LogP contribution < -0.4 is 5.73 Å². The Bertz CT molecular complexity index is 382. The number of nitrogens with two attached hydrogens (primary N) is 1. The van der Waals surface area contributed by atoms with E-state index in [9.17, 15) is 8.42 Å². The van der Waals surface area contributed by atoms with Gasteiger partial charge >= 0.3 is 10.4 Å². The summed E-state index contributed by atoms with van der Waals surface area (Å²) in [5, 5.41) is 7.25. The van der Waals surface area contributed by atoms with Crippen LogP contribution in [0.5, 0.6) is 0 Å². The van der Waals surface area contributed by atoms with Crippen LogP contribution in [0.4, 0.5) is 0 Å². The average Bonchev–Trinajstić information content (AvgIpc) is 2.06. The smallest absolute Gasteiger partial charge is 0.370 e. The first-order valence-electron chi connectivity index (χ1n) is 4.31. The first-order valence-corrected chi connectivity index (χ1v) is 5.64. The zero-order valence-corrected chi connectivity index (χ0v) is 8.95. The zero-order chi connectivity index (χ0) is 11.3. The Labute approximate surface area is 87.4 Å². The summed E-state index contributed by atoms with van der Waals surface area (Å²) in [6.07, 6.45) is 0. The first-order chi connectivity index (χ1) is 6.85. The molecule has 2 aliphatic rings. The first kappa shape index (κ1) is 10.6. The van der Waals surface area contributed by atoms with Gasteiger partial charge < -0.3 is 10.6 Å². The van der Waals surface area contributed by atoms with Crippen molar-refractivity contribution in [1.29, 1.82) is 5.41 Å². The molecule has 0 unspecified atom stereocenters. The molecule has 0 amide bonds. The van der Waals surface area contributed by atoms with Crippen molar-refractivity contribution in [3.05, 3.63) is 0 Å². The molecule has 15 heavy (non-hydrogen) atoms. The van der Waals surface area contributed by atoms with Crippen molar-refractivity contribution in [3.63, 3.8) is 0 Å². The predicted molar refractivity (Wildman–Crippen MR) is 49.9 cm³/mol. The molecule has 0 saturated carbocycles. The normalized spacial score (nSPS) is 28.7. The summed E-state index contributed by atoms with van der Waals surface area (Å²) in [6.45, 7) is 1.16. The van der Waals surface area contributed by atoms with Gasteiger partial charge in [0.15, 0.2) is 5.96 Å². The van der Waals surface area contributed by atoms with Crippen molar-refractivity contribution >= 4 is 16.4 Å². The van der Waals surface area contributed by atoms with Crippen molar-refractivity contribution in [2.75, 3.05) is 26.7 Å². The fraction of sp³-hybridized carbons (Fsp3) is 0.833. The molecule has 2 heterocycles. The van der Waals surface area contributed by atoms with Gasteiger partial charge in [0.05, 0.1) is 6.54 Å². The van der Waals surface area contributed by atoms with Gasteiger partial charge in [-0.15, -0.1) is 0 Å². The second kappa shape index (κ2) is 3.04. The Hall–Kier alpha value is -0.900. The van der Waals surface area contributed by atoms with Crippen LogP contribution in [0, 0.1) is 5.41 Å². The van der Waals surface area contributed by atoms with Crippen molar-refractivity contribution in [2.24, 2.45) is 5.73 Å². The molecule has 0 bridgehead atoms. The third kappa shape index (κ3) is 1.67. The molecule has 0 radical (unpaired) electrons. The second-order valence-corrected chi connectivity index (χ2v) is 4.67. The second-order valence-electron chi connectivity index (χ2n) is 3.52. The van der Waals surface area contributed by atoms with Gasteiger partial charge in [-0.1, -0.05) is 0 Å². The lowest BCUT2D eigenvalue weighted by Crippen LogP contribution is -2.71. The molecule has 3 N–H and O–H groups in total. The molecule has 86 valence electrons. The van der Waals surface area contributed by atoms with E-state index in [1.807, 2.05) is 0 Å². The summed E-state index contributed by atoms with van der Waals surface area (Å²) >= 11 is 0. The van der Waals surface area contributed by atoms with Crippen LogP contribution in [-0.2, 0) is 18.8 Å². The highest BCUT2D eigenvalue weighted by molar-refractivity contribution is 7.82. The quantitative estimate of drug-likeness (QED) is 0.372. The number of guanidine groups is 1. The maximum absolute atomic E-state index is 10.8. The van der Waals surface area contributed by atoms with Gasteiger partial charge in [-0.2, -0.15) is 16.8 Å². The number of nitrogens with one attached hydrogen (secondary N) is 1. The van der Waals surface area contributed by atoms with Gasteiger partial charge in [-0.3, -0.25) is 10.3 Å². The van der Waals surface area contributed by atoms with Crippen LogP contribution in [0.1, 0.15) is 0 Å². The molecule has 0 aromatic rings. The summed E-state index contributed by atoms with van der Waals surface area (Å²) in [7, 11) is -2.16. The van der Waals surface area contributed by atoms with Crippen LogP contribution in [0.15, 0.2) is 0 Å². The van der Waals surface area contributed by atoms with Crippen molar-refractivity contribution in [1.82, 2.24) is 9.80 Å². The maximum Gasteiger partial charge on any atom is 0.407 e. The van der Waals surface area contributed by atoms with Gasteiger partial charge in [-0.05, 0) is 7.05 Å². The van der Waals surface area contributed by atoms with Gasteiger partial charge in [0.2, 0.25) is 0 Å². The van der Waals surface area contributed by atoms with Gasteiger partial charge in [-0.25, -0.2) is 0 Å². The fourth-order valence-electron chi connectivity index (χ4n) is 1.59. The Morgan fingerprint density at radius 2 is 2.07 bits per heavy atom. The van der Waals surface area contributed by atoms with Crippen molar-refractivity contribution in [2.45, 2.75) is 5.91 Å². The molecule has 1 spiro atoms. The fourth-order valence-corrected chi connectivity index (χ4v) is 2.60. The summed E-state index contributed by atoms with van der Waals surface area (Å²) in [5.74, 6) is -1.43. The van der Waals surface area contributed by atoms with E-state index in [1.165, 1.54) is 4.90 Å². The minimum absolute atomic E-state index is 0.109. The lowest BCUT2D eigenvalue weighted by molar-refractivity contribution is -0.289. The molecule has 0 atom stereocenters. The van der Waals surface area contributed by atoms with E-state index < -0.39 is 16.3 Å². The van der Waals surface area contributed by atoms with Crippen LogP contribution in [0.2, 0.25) is 0 Å². The summed E-state index contributed by atoms with van der Waals surface area (Å²) in [4.78, 5) is 3.13. The highest BCUT2D eigenvalue weighted by Gasteiger charge is 2.58. The van der Waals surface area contributed by atoms with Crippen LogP contribution in [-0.4, -0.2) is 56.8 Å². The number of piperazine rings is 1. The summed E-state index contributed by atoms with van der Waals surface area (Å²) < 4.78 is 31.1. The molecular formula is C6H12N4O4S. The Morgan fingerprint density at radius 1 is 1.47 bits per heavy atom. The number of hydrogen-bond acceptors (Lipinski definition) is 6. The molecule has 2 saturated heterocycles. The molecule has 2 rings (SSSR count). The molecule has 8 nitrogen and oxygen atoms in total. The SMILES string of the molecule is CN1CCN(C(=N)N)CC12OS(=O)(=O)O2. The molecule has 9 heteroatoms. The third-order valence-electron chi connectivity index (χ3n) is 2.48. The van der Waals surface area contributed by atoms with E-state index in [-0.39, 0.29) is 12.5 Å². The zero-order valence-electron chi connectivity index (χ0n) is 8.13. The van der Waals surface area contributed by atoms with E-state index in [2.05, 4.69) is 0 Å². The van der Waals surface area contributed by atoms with E-state index in [4.69, 9.17) is 19.5 Å². The number of rotatable bonds is 0. The molecular weight excluding hydrogens is 224 g/mol. The third-order valence-corrected chi connectivity index (χ3v) is 3.41. The molecule has 0 aromatic carbocycles. The Kier molecular flexibility index (Phi) is 2.15. The molecule has 2 fully saturated rings. The van der Waals surface area contributed by atoms with Crippen molar-refractivity contribution < 1.29 is 16.8 Å². The van der Waals surface area contributed by atoms with E-state index in [0.717, 1.165) is 0 Å². The molecule has 0 aromatic heterocycles. The standard InChI is InChI=1S/C6H12N4O4S/c1-9-2-3-10(5(7)8)4-6(9)13-15(11,12)14-6/h2-4H2,1H3,(H3,7,8).